The normalized spacial score (nSPS) is 14.3. The molecule has 148 valence electrons. The Morgan fingerprint density at radius 2 is 1.86 bits per heavy atom. The highest BCUT2D eigenvalue weighted by Gasteiger charge is 2.24. The van der Waals surface area contributed by atoms with Crippen LogP contribution in [0.25, 0.3) is 0 Å². The van der Waals surface area contributed by atoms with Crippen molar-refractivity contribution in [3.8, 4) is 5.75 Å². The number of carbonyl (C=O) groups is 3. The van der Waals surface area contributed by atoms with Crippen LogP contribution >= 0.6 is 11.3 Å². The molecule has 0 spiro atoms. The number of nitrogens with zero attached hydrogens (tertiary/aromatic N) is 1. The van der Waals surface area contributed by atoms with Crippen LogP contribution in [-0.2, 0) is 9.59 Å². The van der Waals surface area contributed by atoms with Crippen LogP contribution in [-0.4, -0.2) is 24.3 Å². The molecule has 1 saturated heterocycles. The van der Waals surface area contributed by atoms with Crippen molar-refractivity contribution in [3.05, 3.63) is 40.8 Å². The summed E-state index contributed by atoms with van der Waals surface area (Å²) in [7, 11) is 0. The van der Waals surface area contributed by atoms with E-state index in [1.807, 2.05) is 27.7 Å². The zero-order valence-corrected chi connectivity index (χ0v) is 17.3. The Kier molecular flexibility index (Phi) is 5.56. The van der Waals surface area contributed by atoms with Crippen molar-refractivity contribution < 1.29 is 19.1 Å². The minimum absolute atomic E-state index is 0.110. The monoisotopic (exact) mass is 400 g/mol. The molecule has 6 nitrogen and oxygen atoms in total. The summed E-state index contributed by atoms with van der Waals surface area (Å²) in [5.41, 5.74) is 1.04. The molecule has 2 amide bonds. The van der Waals surface area contributed by atoms with Gasteiger partial charge >= 0.3 is 5.97 Å². The van der Waals surface area contributed by atoms with Crippen molar-refractivity contribution >= 4 is 39.8 Å². The Labute approximate surface area is 168 Å². The molecule has 1 N–H and O–H groups in total. The maximum absolute atomic E-state index is 12.5. The van der Waals surface area contributed by atoms with E-state index in [2.05, 4.69) is 5.32 Å². The minimum Gasteiger partial charge on any atom is -0.422 e. The first-order valence-electron chi connectivity index (χ1n) is 9.19. The second-order valence-electron chi connectivity index (χ2n) is 7.86. The van der Waals surface area contributed by atoms with Gasteiger partial charge in [-0.15, -0.1) is 11.3 Å². The molecule has 3 rings (SSSR count). The van der Waals surface area contributed by atoms with Gasteiger partial charge in [0.05, 0.1) is 5.00 Å². The second-order valence-corrected chi connectivity index (χ2v) is 8.91. The van der Waals surface area contributed by atoms with E-state index in [4.69, 9.17) is 4.74 Å². The van der Waals surface area contributed by atoms with Crippen LogP contribution in [0.4, 0.5) is 10.7 Å². The van der Waals surface area contributed by atoms with Gasteiger partial charge < -0.3 is 15.0 Å². The summed E-state index contributed by atoms with van der Waals surface area (Å²) in [6.45, 7) is 8.02. The number of amides is 2. The Morgan fingerprint density at radius 3 is 2.43 bits per heavy atom. The summed E-state index contributed by atoms with van der Waals surface area (Å²) in [5, 5.41) is 3.46. The van der Waals surface area contributed by atoms with E-state index in [9.17, 15) is 14.4 Å². The van der Waals surface area contributed by atoms with Gasteiger partial charge in [-0.25, -0.2) is 4.79 Å². The van der Waals surface area contributed by atoms with Crippen LogP contribution in [0.3, 0.4) is 0 Å². The zero-order valence-electron chi connectivity index (χ0n) is 16.5. The number of aryl methyl sites for hydroxylation is 1. The van der Waals surface area contributed by atoms with Crippen molar-refractivity contribution in [1.82, 2.24) is 0 Å². The van der Waals surface area contributed by atoms with Gasteiger partial charge in [0.1, 0.15) is 10.6 Å². The molecule has 0 atom stereocenters. The van der Waals surface area contributed by atoms with E-state index in [-0.39, 0.29) is 11.8 Å². The third-order valence-corrected chi connectivity index (χ3v) is 5.59. The Balaban J connectivity index is 1.68. The number of esters is 1. The predicted molar refractivity (Wildman–Crippen MR) is 110 cm³/mol. The molecule has 0 radical (unpaired) electrons. The van der Waals surface area contributed by atoms with Gasteiger partial charge in [-0.3, -0.25) is 9.59 Å². The quantitative estimate of drug-likeness (QED) is 0.610. The molecule has 1 aliphatic heterocycles. The Bertz CT molecular complexity index is 909. The predicted octanol–water partition coefficient (Wildman–Crippen LogP) is 4.39. The average Bonchev–Trinajstić information content (AvgIpc) is 3.20. The molecule has 28 heavy (non-hydrogen) atoms. The third kappa shape index (κ3) is 4.42. The van der Waals surface area contributed by atoms with E-state index >= 15 is 0 Å². The number of nitrogens with one attached hydrogen (secondary N) is 1. The van der Waals surface area contributed by atoms with Gasteiger partial charge in [0.2, 0.25) is 11.8 Å². The summed E-state index contributed by atoms with van der Waals surface area (Å²) in [4.78, 5) is 38.7. The summed E-state index contributed by atoms with van der Waals surface area (Å²) >= 11 is 1.20. The van der Waals surface area contributed by atoms with Crippen molar-refractivity contribution in [3.63, 3.8) is 0 Å². The number of anilines is 2. The van der Waals surface area contributed by atoms with Crippen LogP contribution in [0.2, 0.25) is 0 Å². The van der Waals surface area contributed by atoms with Crippen LogP contribution in [0.1, 0.15) is 48.8 Å². The molecule has 1 aromatic heterocycles. The number of ether oxygens (including phenoxy) is 1. The highest BCUT2D eigenvalue weighted by atomic mass is 32.1. The highest BCUT2D eigenvalue weighted by Crippen LogP contribution is 2.30. The maximum Gasteiger partial charge on any atom is 0.354 e. The number of benzene rings is 1. The topological polar surface area (TPSA) is 75.7 Å². The van der Waals surface area contributed by atoms with Gasteiger partial charge in [-0.1, -0.05) is 20.8 Å². The van der Waals surface area contributed by atoms with Gasteiger partial charge in [0.25, 0.3) is 0 Å². The zero-order chi connectivity index (χ0) is 20.5. The van der Waals surface area contributed by atoms with E-state index in [1.165, 1.54) is 11.3 Å². The molecule has 1 aliphatic rings. The lowest BCUT2D eigenvalue weighted by Gasteiger charge is -2.16. The molecular formula is C21H24N2O4S. The Morgan fingerprint density at radius 1 is 1.18 bits per heavy atom. The summed E-state index contributed by atoms with van der Waals surface area (Å²) in [5.74, 6) is -0.0539. The van der Waals surface area contributed by atoms with Gasteiger partial charge in [-0.2, -0.15) is 0 Å². The summed E-state index contributed by atoms with van der Waals surface area (Å²) < 4.78 is 5.47. The van der Waals surface area contributed by atoms with Crippen LogP contribution in [0, 0.1) is 12.3 Å². The number of thiophene rings is 1. The SMILES string of the molecule is Cc1cc(NC(=O)C(C)(C)C)sc1C(=O)Oc1ccc(N2CCCC2=O)cc1. The third-order valence-electron chi connectivity index (χ3n) is 4.45. The lowest BCUT2D eigenvalue weighted by atomic mass is 9.96. The van der Waals surface area contributed by atoms with Crippen LogP contribution in [0.5, 0.6) is 5.75 Å². The van der Waals surface area contributed by atoms with E-state index in [1.54, 1.807) is 35.2 Å². The van der Waals surface area contributed by atoms with Crippen molar-refractivity contribution in [1.29, 1.82) is 0 Å². The lowest BCUT2D eigenvalue weighted by Crippen LogP contribution is -2.27. The molecule has 0 bridgehead atoms. The fourth-order valence-electron chi connectivity index (χ4n) is 2.81. The molecule has 0 unspecified atom stereocenters. The molecule has 2 aromatic rings. The van der Waals surface area contributed by atoms with Gasteiger partial charge in [0.15, 0.2) is 0 Å². The number of hydrogen-bond donors (Lipinski definition) is 1. The van der Waals surface area contributed by atoms with Crippen LogP contribution in [0.15, 0.2) is 30.3 Å². The highest BCUT2D eigenvalue weighted by molar-refractivity contribution is 7.18. The maximum atomic E-state index is 12.5. The van der Waals surface area contributed by atoms with Crippen molar-refractivity contribution in [2.45, 2.75) is 40.5 Å². The summed E-state index contributed by atoms with van der Waals surface area (Å²) in [6.07, 6.45) is 1.43. The lowest BCUT2D eigenvalue weighted by molar-refractivity contribution is -0.123. The average molecular weight is 401 g/mol. The first-order chi connectivity index (χ1) is 13.1. The molecule has 2 heterocycles. The van der Waals surface area contributed by atoms with Crippen LogP contribution < -0.4 is 15.0 Å². The fourth-order valence-corrected chi connectivity index (χ4v) is 3.76. The molecule has 7 heteroatoms. The van der Waals surface area contributed by atoms with E-state index < -0.39 is 11.4 Å². The van der Waals surface area contributed by atoms with Gasteiger partial charge in [-0.05, 0) is 49.2 Å². The van der Waals surface area contributed by atoms with Crippen molar-refractivity contribution in [2.75, 3.05) is 16.8 Å². The van der Waals surface area contributed by atoms with Gasteiger partial charge in [0, 0.05) is 24.1 Å². The van der Waals surface area contributed by atoms with E-state index in [0.717, 1.165) is 24.2 Å². The largest absolute Gasteiger partial charge is 0.422 e. The van der Waals surface area contributed by atoms with E-state index in [0.29, 0.717) is 22.0 Å². The molecule has 0 aliphatic carbocycles. The number of carbonyl (C=O) groups excluding carboxylic acids is 3. The number of rotatable bonds is 4. The molecule has 0 saturated carbocycles. The second kappa shape index (κ2) is 7.75. The minimum atomic E-state index is -0.517. The molecule has 1 aromatic carbocycles. The van der Waals surface area contributed by atoms with Crippen molar-refractivity contribution in [2.24, 2.45) is 5.41 Å². The Hall–Kier alpha value is -2.67. The molecule has 1 fully saturated rings. The fraction of sp³-hybridized carbons (Fsp3) is 0.381. The first kappa shape index (κ1) is 20.1. The number of hydrogen-bond acceptors (Lipinski definition) is 5. The first-order valence-corrected chi connectivity index (χ1v) is 10.0. The smallest absolute Gasteiger partial charge is 0.354 e. The standard InChI is InChI=1S/C21H24N2O4S/c1-13-12-16(22-20(26)21(2,3)4)28-18(13)19(25)27-15-9-7-14(8-10-15)23-11-5-6-17(23)24/h7-10,12H,5-6,11H2,1-4H3,(H,22,26). The summed E-state index contributed by atoms with van der Waals surface area (Å²) in [6, 6.07) is 8.70. The molecular weight excluding hydrogens is 376 g/mol.